The van der Waals surface area contributed by atoms with Crippen molar-refractivity contribution >= 4 is 29.2 Å². The number of carbonyl (C=O) groups excluding carboxylic acids is 1. The van der Waals surface area contributed by atoms with Crippen molar-refractivity contribution in [1.29, 1.82) is 0 Å². The number of benzene rings is 1. The number of nitrogens with zero attached hydrogens (tertiary/aromatic N) is 1. The molecule has 17 heavy (non-hydrogen) atoms. The van der Waals surface area contributed by atoms with Gasteiger partial charge in [0, 0.05) is 0 Å². The normalized spacial score (nSPS) is 10.6. The predicted molar refractivity (Wildman–Crippen MR) is 67.5 cm³/mol. The van der Waals surface area contributed by atoms with Gasteiger partial charge in [-0.3, -0.25) is 4.79 Å². The van der Waals surface area contributed by atoms with Crippen LogP contribution in [0.1, 0.15) is 6.92 Å². The minimum atomic E-state index is -0.427. The highest BCUT2D eigenvalue weighted by atomic mass is 32.1. The van der Waals surface area contributed by atoms with E-state index in [4.69, 9.17) is 22.7 Å². The molecule has 1 heterocycles. The lowest BCUT2D eigenvalue weighted by molar-refractivity contribution is -0.118. The van der Waals surface area contributed by atoms with E-state index in [-0.39, 0.29) is 6.54 Å². The molecular formula is C11H13N3O2S. The number of hydrogen-bond acceptors (Lipinski definition) is 3. The molecule has 1 aromatic heterocycles. The van der Waals surface area contributed by atoms with Gasteiger partial charge in [0.2, 0.25) is 5.91 Å². The standard InChI is InChI=1S/C11H13N3O2S/c1-2-16-8-5-3-4-7-10(8)13-11(17)14(7)6-9(12)15/h3-5H,2,6H2,1H3,(H2,12,15)(H,13,17). The topological polar surface area (TPSA) is 73.0 Å². The summed E-state index contributed by atoms with van der Waals surface area (Å²) < 4.78 is 7.61. The van der Waals surface area contributed by atoms with Gasteiger partial charge in [0.05, 0.1) is 12.1 Å². The summed E-state index contributed by atoms with van der Waals surface area (Å²) in [5.41, 5.74) is 6.80. The largest absolute Gasteiger partial charge is 0.492 e. The number of para-hydroxylation sites is 1. The summed E-state index contributed by atoms with van der Waals surface area (Å²) in [7, 11) is 0. The first-order valence-electron chi connectivity index (χ1n) is 5.26. The van der Waals surface area contributed by atoms with Crippen LogP contribution in [0.4, 0.5) is 0 Å². The monoisotopic (exact) mass is 251 g/mol. The lowest BCUT2D eigenvalue weighted by atomic mass is 10.3. The van der Waals surface area contributed by atoms with E-state index >= 15 is 0 Å². The molecule has 0 aliphatic rings. The molecule has 2 aromatic rings. The lowest BCUT2D eigenvalue weighted by Gasteiger charge is -2.04. The number of hydrogen-bond donors (Lipinski definition) is 2. The van der Waals surface area contributed by atoms with Gasteiger partial charge in [0.15, 0.2) is 4.77 Å². The number of amides is 1. The van der Waals surface area contributed by atoms with Gasteiger partial charge in [0.25, 0.3) is 0 Å². The van der Waals surface area contributed by atoms with Crippen molar-refractivity contribution in [3.05, 3.63) is 23.0 Å². The van der Waals surface area contributed by atoms with Crippen LogP contribution in [-0.4, -0.2) is 22.1 Å². The van der Waals surface area contributed by atoms with Crippen LogP contribution in [0.5, 0.6) is 5.75 Å². The second kappa shape index (κ2) is 4.58. The summed E-state index contributed by atoms with van der Waals surface area (Å²) in [5.74, 6) is 0.295. The molecule has 1 aromatic carbocycles. The SMILES string of the molecule is CCOc1cccc2c1[nH]c(=S)n2CC(N)=O. The number of aromatic amines is 1. The molecular weight excluding hydrogens is 238 g/mol. The number of ether oxygens (including phenoxy) is 1. The molecule has 6 heteroatoms. The number of primary amides is 1. The molecule has 0 spiro atoms. The Morgan fingerprint density at radius 1 is 1.59 bits per heavy atom. The third-order valence-electron chi connectivity index (χ3n) is 2.39. The molecule has 0 aliphatic heterocycles. The zero-order chi connectivity index (χ0) is 12.4. The Kier molecular flexibility index (Phi) is 3.14. The highest BCUT2D eigenvalue weighted by molar-refractivity contribution is 7.71. The van der Waals surface area contributed by atoms with Gasteiger partial charge in [-0.05, 0) is 31.3 Å². The average Bonchev–Trinajstić information content (AvgIpc) is 2.57. The molecule has 0 atom stereocenters. The minimum absolute atomic E-state index is 0.0639. The Balaban J connectivity index is 2.63. The zero-order valence-electron chi connectivity index (χ0n) is 9.40. The zero-order valence-corrected chi connectivity index (χ0v) is 10.2. The van der Waals surface area contributed by atoms with Gasteiger partial charge in [-0.1, -0.05) is 6.07 Å². The van der Waals surface area contributed by atoms with Crippen molar-refractivity contribution in [2.24, 2.45) is 5.73 Å². The molecule has 90 valence electrons. The number of aromatic nitrogens is 2. The van der Waals surface area contributed by atoms with Gasteiger partial charge in [0.1, 0.15) is 17.8 Å². The summed E-state index contributed by atoms with van der Waals surface area (Å²) in [6.07, 6.45) is 0. The van der Waals surface area contributed by atoms with Crippen LogP contribution in [-0.2, 0) is 11.3 Å². The molecule has 0 saturated carbocycles. The fourth-order valence-electron chi connectivity index (χ4n) is 1.74. The summed E-state index contributed by atoms with van der Waals surface area (Å²) >= 11 is 5.16. The molecule has 3 N–H and O–H groups in total. The Labute approximate surface area is 103 Å². The van der Waals surface area contributed by atoms with E-state index in [2.05, 4.69) is 4.98 Å². The van der Waals surface area contributed by atoms with Crippen molar-refractivity contribution in [1.82, 2.24) is 9.55 Å². The predicted octanol–water partition coefficient (Wildman–Crippen LogP) is 1.58. The van der Waals surface area contributed by atoms with Gasteiger partial charge in [-0.2, -0.15) is 0 Å². The molecule has 0 fully saturated rings. The molecule has 5 nitrogen and oxygen atoms in total. The summed E-state index contributed by atoms with van der Waals surface area (Å²) in [4.78, 5) is 14.0. The van der Waals surface area contributed by atoms with Crippen LogP contribution in [0.3, 0.4) is 0 Å². The number of nitrogens with one attached hydrogen (secondary N) is 1. The number of nitrogens with two attached hydrogens (primary N) is 1. The van der Waals surface area contributed by atoms with E-state index in [0.717, 1.165) is 16.8 Å². The quantitative estimate of drug-likeness (QED) is 0.810. The Hall–Kier alpha value is -1.82. The number of rotatable bonds is 4. The second-order valence-corrected chi connectivity index (χ2v) is 3.95. The fraction of sp³-hybridized carbons (Fsp3) is 0.273. The molecule has 0 aliphatic carbocycles. The van der Waals surface area contributed by atoms with E-state index in [1.54, 1.807) is 4.57 Å². The third-order valence-corrected chi connectivity index (χ3v) is 2.71. The lowest BCUT2D eigenvalue weighted by Crippen LogP contribution is -2.18. The van der Waals surface area contributed by atoms with Crippen molar-refractivity contribution in [2.75, 3.05) is 6.61 Å². The van der Waals surface area contributed by atoms with Crippen molar-refractivity contribution < 1.29 is 9.53 Å². The maximum atomic E-state index is 11.0. The van der Waals surface area contributed by atoms with E-state index in [9.17, 15) is 4.79 Å². The minimum Gasteiger partial charge on any atom is -0.492 e. The van der Waals surface area contributed by atoms with Crippen LogP contribution in [0, 0.1) is 4.77 Å². The van der Waals surface area contributed by atoms with E-state index in [1.165, 1.54) is 0 Å². The van der Waals surface area contributed by atoms with Gasteiger partial charge < -0.3 is 20.0 Å². The maximum Gasteiger partial charge on any atom is 0.237 e. The van der Waals surface area contributed by atoms with Crippen LogP contribution >= 0.6 is 12.2 Å². The van der Waals surface area contributed by atoms with Crippen LogP contribution < -0.4 is 10.5 Å². The Morgan fingerprint density at radius 3 is 3.00 bits per heavy atom. The molecule has 0 radical (unpaired) electrons. The van der Waals surface area contributed by atoms with Gasteiger partial charge >= 0.3 is 0 Å². The molecule has 1 amide bonds. The summed E-state index contributed by atoms with van der Waals surface area (Å²) in [5, 5.41) is 0. The van der Waals surface area contributed by atoms with Crippen molar-refractivity contribution in [2.45, 2.75) is 13.5 Å². The first-order valence-corrected chi connectivity index (χ1v) is 5.67. The first-order chi connectivity index (χ1) is 8.13. The van der Waals surface area contributed by atoms with E-state index in [0.29, 0.717) is 11.4 Å². The number of imidazole rings is 1. The van der Waals surface area contributed by atoms with Gasteiger partial charge in [-0.25, -0.2) is 0 Å². The molecule has 0 bridgehead atoms. The van der Waals surface area contributed by atoms with Crippen LogP contribution in [0.25, 0.3) is 11.0 Å². The fourth-order valence-corrected chi connectivity index (χ4v) is 2.01. The summed E-state index contributed by atoms with van der Waals surface area (Å²) in [6.45, 7) is 2.54. The average molecular weight is 251 g/mol. The highest BCUT2D eigenvalue weighted by Gasteiger charge is 2.10. The smallest absolute Gasteiger partial charge is 0.237 e. The third kappa shape index (κ3) is 2.16. The van der Waals surface area contributed by atoms with Crippen molar-refractivity contribution in [3.8, 4) is 5.75 Å². The maximum absolute atomic E-state index is 11.0. The number of carbonyl (C=O) groups is 1. The summed E-state index contributed by atoms with van der Waals surface area (Å²) in [6, 6.07) is 5.58. The van der Waals surface area contributed by atoms with E-state index in [1.807, 2.05) is 25.1 Å². The van der Waals surface area contributed by atoms with Gasteiger partial charge in [-0.15, -0.1) is 0 Å². The Bertz CT molecular complexity index is 615. The van der Waals surface area contributed by atoms with Crippen LogP contribution in [0.15, 0.2) is 18.2 Å². The molecule has 2 rings (SSSR count). The molecule has 0 saturated heterocycles. The van der Waals surface area contributed by atoms with Crippen molar-refractivity contribution in [3.63, 3.8) is 0 Å². The second-order valence-electron chi connectivity index (χ2n) is 3.57. The van der Waals surface area contributed by atoms with E-state index < -0.39 is 5.91 Å². The number of H-pyrrole nitrogens is 1. The first kappa shape index (κ1) is 11.7. The molecule has 0 unspecified atom stereocenters. The Morgan fingerprint density at radius 2 is 2.35 bits per heavy atom. The highest BCUT2D eigenvalue weighted by Crippen LogP contribution is 2.24. The van der Waals surface area contributed by atoms with Crippen LogP contribution in [0.2, 0.25) is 0 Å². The number of fused-ring (bicyclic) bond motifs is 1.